The molecule has 1 saturated heterocycles. The lowest BCUT2D eigenvalue weighted by atomic mass is 9.80. The fraction of sp³-hybridized carbons (Fsp3) is 0.647. The Bertz CT molecular complexity index is 503. The average Bonchev–Trinajstić information content (AvgIpc) is 2.54. The topological polar surface area (TPSA) is 35.5 Å². The van der Waals surface area contributed by atoms with Crippen LogP contribution in [-0.4, -0.2) is 36.2 Å². The smallest absolute Gasteiger partial charge is 0.166 e. The van der Waals surface area contributed by atoms with E-state index in [2.05, 4.69) is 10.2 Å². The van der Waals surface area contributed by atoms with Crippen LogP contribution in [0.2, 0.25) is 5.02 Å². The zero-order valence-corrected chi connectivity index (χ0v) is 16.0. The Hall–Kier alpha value is -0.260. The first kappa shape index (κ1) is 21.8. The number of aromatic hydroxyl groups is 1. The summed E-state index contributed by atoms with van der Waals surface area (Å²) in [6, 6.07) is 3.01. The van der Waals surface area contributed by atoms with Gasteiger partial charge in [-0.1, -0.05) is 30.9 Å². The molecule has 1 saturated carbocycles. The van der Waals surface area contributed by atoms with Crippen molar-refractivity contribution in [1.82, 2.24) is 10.2 Å². The van der Waals surface area contributed by atoms with E-state index in [4.69, 9.17) is 11.6 Å². The van der Waals surface area contributed by atoms with Crippen LogP contribution in [0.1, 0.15) is 43.7 Å². The molecule has 1 aromatic rings. The molecule has 1 atom stereocenters. The maximum Gasteiger partial charge on any atom is 0.166 e. The Labute approximate surface area is 160 Å². The Balaban J connectivity index is 0.00000144. The maximum atomic E-state index is 14.0. The van der Waals surface area contributed by atoms with Crippen LogP contribution in [0, 0.1) is 11.7 Å². The summed E-state index contributed by atoms with van der Waals surface area (Å²) in [6.07, 6.45) is 6.00. The van der Waals surface area contributed by atoms with Crippen LogP contribution >= 0.6 is 36.4 Å². The summed E-state index contributed by atoms with van der Waals surface area (Å²) in [5, 5.41) is 14.0. The second kappa shape index (κ2) is 10.0. The number of hydrogen-bond donors (Lipinski definition) is 2. The molecule has 3 rings (SSSR count). The highest BCUT2D eigenvalue weighted by Crippen LogP contribution is 2.43. The molecule has 3 nitrogen and oxygen atoms in total. The normalized spacial score (nSPS) is 20.8. The van der Waals surface area contributed by atoms with Gasteiger partial charge < -0.3 is 10.4 Å². The van der Waals surface area contributed by atoms with Crippen LogP contribution < -0.4 is 5.32 Å². The zero-order chi connectivity index (χ0) is 15.5. The molecule has 2 N–H and O–H groups in total. The van der Waals surface area contributed by atoms with E-state index in [-0.39, 0.29) is 36.6 Å². The molecule has 1 aliphatic carbocycles. The highest BCUT2D eigenvalue weighted by atomic mass is 35.5. The number of phenolic OH excluding ortho intramolecular Hbond substituents is 1. The molecule has 2 aliphatic rings. The van der Waals surface area contributed by atoms with E-state index in [1.54, 1.807) is 6.07 Å². The van der Waals surface area contributed by atoms with Crippen molar-refractivity contribution in [3.63, 3.8) is 0 Å². The van der Waals surface area contributed by atoms with E-state index >= 15 is 0 Å². The number of hydrogen-bond acceptors (Lipinski definition) is 3. The maximum absolute atomic E-state index is 14.0. The minimum absolute atomic E-state index is 0. The molecule has 2 fully saturated rings. The summed E-state index contributed by atoms with van der Waals surface area (Å²) >= 11 is 6.06. The number of nitrogens with zero attached hydrogens (tertiary/aromatic N) is 1. The summed E-state index contributed by atoms with van der Waals surface area (Å²) < 4.78 is 14.0. The molecule has 138 valence electrons. The highest BCUT2D eigenvalue weighted by Gasteiger charge is 2.33. The lowest BCUT2D eigenvalue weighted by molar-refractivity contribution is 0.101. The molecule has 1 heterocycles. The van der Waals surface area contributed by atoms with Gasteiger partial charge in [0.1, 0.15) is 0 Å². The van der Waals surface area contributed by atoms with Gasteiger partial charge in [-0.05, 0) is 30.9 Å². The third kappa shape index (κ3) is 4.89. The van der Waals surface area contributed by atoms with Gasteiger partial charge in [-0.25, -0.2) is 4.39 Å². The van der Waals surface area contributed by atoms with Crippen LogP contribution in [0.5, 0.6) is 5.75 Å². The summed E-state index contributed by atoms with van der Waals surface area (Å²) in [4.78, 5) is 2.39. The van der Waals surface area contributed by atoms with Crippen LogP contribution in [0.3, 0.4) is 0 Å². The predicted octanol–water partition coefficient (Wildman–Crippen LogP) is 4.55. The number of nitrogens with one attached hydrogen (secondary N) is 1. The van der Waals surface area contributed by atoms with Gasteiger partial charge in [-0.3, -0.25) is 4.90 Å². The second-order valence-corrected chi connectivity index (χ2v) is 6.89. The summed E-state index contributed by atoms with van der Waals surface area (Å²) in [6.45, 7) is 3.73. The molecule has 0 unspecified atom stereocenters. The third-order valence-electron chi connectivity index (χ3n) is 5.02. The number of piperazine rings is 1. The van der Waals surface area contributed by atoms with Crippen molar-refractivity contribution in [1.29, 1.82) is 0 Å². The van der Waals surface area contributed by atoms with Crippen molar-refractivity contribution in [3.05, 3.63) is 28.5 Å². The molecule has 0 spiro atoms. The van der Waals surface area contributed by atoms with E-state index in [9.17, 15) is 9.50 Å². The standard InChI is InChI=1S/C17H24ClFN2O.2ClH/c18-13-10-14(17(22)15(19)11-13)16(12-4-2-1-3-5-12)21-8-6-20-7-9-21;;/h10-12,16,20,22H,1-9H2;2*1H/t16-;;/m1../s1. The van der Waals surface area contributed by atoms with Crippen molar-refractivity contribution in [2.45, 2.75) is 38.1 Å². The van der Waals surface area contributed by atoms with E-state index in [0.29, 0.717) is 16.5 Å². The molecule has 0 bridgehead atoms. The number of phenols is 1. The highest BCUT2D eigenvalue weighted by molar-refractivity contribution is 6.30. The van der Waals surface area contributed by atoms with Crippen LogP contribution in [-0.2, 0) is 0 Å². The van der Waals surface area contributed by atoms with Crippen molar-refractivity contribution in [3.8, 4) is 5.75 Å². The number of benzene rings is 1. The van der Waals surface area contributed by atoms with Crippen LogP contribution in [0.25, 0.3) is 0 Å². The first-order valence-electron chi connectivity index (χ1n) is 8.29. The predicted molar refractivity (Wildman–Crippen MR) is 101 cm³/mol. The molecule has 7 heteroatoms. The van der Waals surface area contributed by atoms with Gasteiger partial charge in [0, 0.05) is 42.8 Å². The molecule has 0 amide bonds. The van der Waals surface area contributed by atoms with Crippen molar-refractivity contribution >= 4 is 36.4 Å². The fourth-order valence-electron chi connectivity index (χ4n) is 3.97. The van der Waals surface area contributed by atoms with E-state index in [1.165, 1.54) is 25.3 Å². The average molecular weight is 400 g/mol. The minimum Gasteiger partial charge on any atom is -0.505 e. The van der Waals surface area contributed by atoms with E-state index in [0.717, 1.165) is 39.0 Å². The SMILES string of the molecule is Cl.Cl.Oc1c(F)cc(Cl)cc1[C@@H](C1CCCCC1)N1CCNCC1. The molecule has 0 aromatic heterocycles. The molecule has 24 heavy (non-hydrogen) atoms. The van der Waals surface area contributed by atoms with E-state index in [1.807, 2.05) is 0 Å². The lowest BCUT2D eigenvalue weighted by Crippen LogP contribution is -2.47. The van der Waals surface area contributed by atoms with Crippen molar-refractivity contribution in [2.75, 3.05) is 26.2 Å². The molecule has 1 aliphatic heterocycles. The fourth-order valence-corrected chi connectivity index (χ4v) is 4.18. The van der Waals surface area contributed by atoms with Crippen molar-refractivity contribution in [2.24, 2.45) is 5.92 Å². The van der Waals surface area contributed by atoms with Crippen LogP contribution in [0.4, 0.5) is 4.39 Å². The van der Waals surface area contributed by atoms with Gasteiger partial charge in [-0.15, -0.1) is 24.8 Å². The van der Waals surface area contributed by atoms with Crippen molar-refractivity contribution < 1.29 is 9.50 Å². The van der Waals surface area contributed by atoms with Gasteiger partial charge in [0.05, 0.1) is 0 Å². The largest absolute Gasteiger partial charge is 0.505 e. The first-order valence-corrected chi connectivity index (χ1v) is 8.67. The molecule has 0 radical (unpaired) electrons. The summed E-state index contributed by atoms with van der Waals surface area (Å²) in [7, 11) is 0. The molecule has 1 aromatic carbocycles. The Morgan fingerprint density at radius 2 is 1.75 bits per heavy atom. The monoisotopic (exact) mass is 398 g/mol. The summed E-state index contributed by atoms with van der Waals surface area (Å²) in [5.74, 6) is -0.368. The van der Waals surface area contributed by atoms with E-state index < -0.39 is 5.82 Å². The van der Waals surface area contributed by atoms with Gasteiger partial charge in [-0.2, -0.15) is 0 Å². The van der Waals surface area contributed by atoms with Gasteiger partial charge in [0.2, 0.25) is 0 Å². The van der Waals surface area contributed by atoms with Gasteiger partial charge >= 0.3 is 0 Å². The second-order valence-electron chi connectivity index (χ2n) is 6.45. The van der Waals surface area contributed by atoms with Gasteiger partial charge in [0.15, 0.2) is 11.6 Å². The number of rotatable bonds is 3. The van der Waals surface area contributed by atoms with Crippen LogP contribution in [0.15, 0.2) is 12.1 Å². The Kier molecular flexibility index (Phi) is 9.10. The zero-order valence-electron chi connectivity index (χ0n) is 13.6. The number of halogens is 4. The molecular formula is C17H26Cl3FN2O. The minimum atomic E-state index is -0.613. The summed E-state index contributed by atoms with van der Waals surface area (Å²) in [5.41, 5.74) is 0.666. The lowest BCUT2D eigenvalue weighted by Gasteiger charge is -2.41. The Morgan fingerprint density at radius 1 is 1.12 bits per heavy atom. The molecular weight excluding hydrogens is 374 g/mol. The first-order chi connectivity index (χ1) is 10.7. The Morgan fingerprint density at radius 3 is 2.38 bits per heavy atom. The third-order valence-corrected chi connectivity index (χ3v) is 5.24. The quantitative estimate of drug-likeness (QED) is 0.782. The van der Waals surface area contributed by atoms with Gasteiger partial charge in [0.25, 0.3) is 0 Å².